The van der Waals surface area contributed by atoms with Crippen molar-refractivity contribution in [3.05, 3.63) is 35.7 Å². The fourth-order valence-corrected chi connectivity index (χ4v) is 4.53. The second kappa shape index (κ2) is 9.73. The van der Waals surface area contributed by atoms with Crippen molar-refractivity contribution in [1.29, 1.82) is 0 Å². The summed E-state index contributed by atoms with van der Waals surface area (Å²) in [5.74, 6) is 2.61. The Labute approximate surface area is 185 Å². The number of piperazine rings is 1. The van der Waals surface area contributed by atoms with Crippen LogP contribution in [0.2, 0.25) is 0 Å². The molecule has 1 N–H and O–H groups in total. The van der Waals surface area contributed by atoms with Crippen LogP contribution >= 0.6 is 0 Å². The third kappa shape index (κ3) is 5.39. The van der Waals surface area contributed by atoms with Crippen molar-refractivity contribution in [2.75, 3.05) is 37.6 Å². The molecule has 2 aromatic rings. The van der Waals surface area contributed by atoms with Crippen molar-refractivity contribution in [3.63, 3.8) is 0 Å². The van der Waals surface area contributed by atoms with Crippen LogP contribution < -0.4 is 10.2 Å². The lowest BCUT2D eigenvalue weighted by molar-refractivity contribution is -0.123. The van der Waals surface area contributed by atoms with Gasteiger partial charge >= 0.3 is 0 Å². The van der Waals surface area contributed by atoms with E-state index in [9.17, 15) is 4.79 Å². The highest BCUT2D eigenvalue weighted by Gasteiger charge is 2.24. The van der Waals surface area contributed by atoms with Gasteiger partial charge in [-0.2, -0.15) is 0 Å². The molecule has 2 aromatic heterocycles. The molecule has 0 bridgehead atoms. The molecule has 7 nitrogen and oxygen atoms in total. The van der Waals surface area contributed by atoms with Gasteiger partial charge in [0.05, 0.1) is 6.54 Å². The number of carbonyl (C=O) groups is 1. The van der Waals surface area contributed by atoms with Gasteiger partial charge in [0, 0.05) is 49.7 Å². The van der Waals surface area contributed by atoms with E-state index in [0.29, 0.717) is 18.4 Å². The molecule has 1 aliphatic heterocycles. The second-order valence-electron chi connectivity index (χ2n) is 9.08. The molecule has 0 atom stereocenters. The van der Waals surface area contributed by atoms with Gasteiger partial charge in [-0.1, -0.05) is 13.0 Å². The molecular weight excluding hydrogens is 388 g/mol. The number of nitrogens with zero attached hydrogens (tertiary/aromatic N) is 5. The number of nitrogens with one attached hydrogen (secondary N) is 1. The highest BCUT2D eigenvalue weighted by atomic mass is 16.2. The van der Waals surface area contributed by atoms with E-state index >= 15 is 0 Å². The van der Waals surface area contributed by atoms with Gasteiger partial charge in [0.2, 0.25) is 5.91 Å². The topological polar surface area (TPSA) is 74.2 Å². The van der Waals surface area contributed by atoms with Crippen LogP contribution in [0.3, 0.4) is 0 Å². The third-order valence-corrected chi connectivity index (χ3v) is 6.68. The maximum absolute atomic E-state index is 12.5. The van der Waals surface area contributed by atoms with Gasteiger partial charge in [0.25, 0.3) is 0 Å². The predicted octanol–water partition coefficient (Wildman–Crippen LogP) is 2.97. The molecule has 166 valence electrons. The molecule has 2 aliphatic rings. The Balaban J connectivity index is 1.34. The highest BCUT2D eigenvalue weighted by Crippen LogP contribution is 2.25. The van der Waals surface area contributed by atoms with Crippen LogP contribution in [0.25, 0.3) is 11.5 Å². The maximum Gasteiger partial charge on any atom is 0.234 e. The zero-order valence-electron chi connectivity index (χ0n) is 19.0. The van der Waals surface area contributed by atoms with E-state index in [1.165, 1.54) is 12.8 Å². The smallest absolute Gasteiger partial charge is 0.234 e. The Bertz CT molecular complexity index is 886. The lowest BCUT2D eigenvalue weighted by Gasteiger charge is -2.36. The summed E-state index contributed by atoms with van der Waals surface area (Å²) < 4.78 is 0. The number of aryl methyl sites for hydroxylation is 1. The number of carbonyl (C=O) groups excluding carboxylic acids is 1. The van der Waals surface area contributed by atoms with E-state index in [0.717, 1.165) is 67.7 Å². The molecule has 1 saturated heterocycles. The number of anilines is 1. The van der Waals surface area contributed by atoms with Crippen LogP contribution in [-0.2, 0) is 4.79 Å². The summed E-state index contributed by atoms with van der Waals surface area (Å²) in [6, 6.07) is 6.16. The summed E-state index contributed by atoms with van der Waals surface area (Å²) in [5.41, 5.74) is 2.88. The van der Waals surface area contributed by atoms with Crippen molar-refractivity contribution in [2.24, 2.45) is 5.92 Å². The zero-order chi connectivity index (χ0) is 21.8. The summed E-state index contributed by atoms with van der Waals surface area (Å²) in [5, 5.41) is 3.25. The Morgan fingerprint density at radius 2 is 1.81 bits per heavy atom. The Morgan fingerprint density at radius 3 is 2.48 bits per heavy atom. The lowest BCUT2D eigenvalue weighted by atomic mass is 9.87. The number of hydrogen-bond donors (Lipinski definition) is 1. The van der Waals surface area contributed by atoms with Gasteiger partial charge < -0.3 is 10.2 Å². The van der Waals surface area contributed by atoms with Crippen LogP contribution in [0.5, 0.6) is 0 Å². The van der Waals surface area contributed by atoms with Crippen molar-refractivity contribution in [3.8, 4) is 11.5 Å². The normalized spacial score (nSPS) is 22.4. The summed E-state index contributed by atoms with van der Waals surface area (Å²) in [6.07, 6.45) is 6.45. The van der Waals surface area contributed by atoms with Gasteiger partial charge in [-0.15, -0.1) is 0 Å². The number of amides is 1. The maximum atomic E-state index is 12.5. The second-order valence-corrected chi connectivity index (χ2v) is 9.08. The molecule has 1 aliphatic carbocycles. The minimum absolute atomic E-state index is 0.166. The van der Waals surface area contributed by atoms with E-state index in [4.69, 9.17) is 4.98 Å². The quantitative estimate of drug-likeness (QED) is 0.799. The summed E-state index contributed by atoms with van der Waals surface area (Å²) in [6.45, 7) is 10.3. The standard InChI is InChI=1S/C24H34N6O/c1-17-7-9-20(10-8-17)27-22(31)16-29-12-14-30(15-13-29)24-18(2)19(3)26-23(28-24)21-6-4-5-11-25-21/h4-6,11,17,20H,7-10,12-16H2,1-3H3,(H,27,31). The summed E-state index contributed by atoms with van der Waals surface area (Å²) in [7, 11) is 0. The third-order valence-electron chi connectivity index (χ3n) is 6.68. The molecule has 1 saturated carbocycles. The molecule has 4 rings (SSSR count). The molecule has 0 unspecified atom stereocenters. The Morgan fingerprint density at radius 1 is 1.06 bits per heavy atom. The molecule has 31 heavy (non-hydrogen) atoms. The molecular formula is C24H34N6O. The van der Waals surface area contributed by atoms with E-state index < -0.39 is 0 Å². The average Bonchev–Trinajstić information content (AvgIpc) is 2.78. The van der Waals surface area contributed by atoms with Gasteiger partial charge in [0.1, 0.15) is 11.5 Å². The van der Waals surface area contributed by atoms with Crippen LogP contribution in [0.15, 0.2) is 24.4 Å². The molecule has 7 heteroatoms. The number of pyridine rings is 1. The Kier molecular flexibility index (Phi) is 6.80. The van der Waals surface area contributed by atoms with Crippen molar-refractivity contribution in [1.82, 2.24) is 25.2 Å². The minimum atomic E-state index is 0.166. The minimum Gasteiger partial charge on any atom is -0.354 e. The first-order valence-corrected chi connectivity index (χ1v) is 11.5. The van der Waals surface area contributed by atoms with Crippen LogP contribution in [0.1, 0.15) is 43.9 Å². The molecule has 0 aromatic carbocycles. The largest absolute Gasteiger partial charge is 0.354 e. The van der Waals surface area contributed by atoms with Crippen molar-refractivity contribution < 1.29 is 4.79 Å². The average molecular weight is 423 g/mol. The fraction of sp³-hybridized carbons (Fsp3) is 0.583. The molecule has 3 heterocycles. The van der Waals surface area contributed by atoms with E-state index in [1.807, 2.05) is 25.1 Å². The van der Waals surface area contributed by atoms with Crippen LogP contribution in [0.4, 0.5) is 5.82 Å². The summed E-state index contributed by atoms with van der Waals surface area (Å²) in [4.78, 5) is 31.0. The van der Waals surface area contributed by atoms with Gasteiger partial charge in [-0.3, -0.25) is 14.7 Å². The van der Waals surface area contributed by atoms with Gasteiger partial charge in [0.15, 0.2) is 5.82 Å². The first kappa shape index (κ1) is 21.7. The number of aromatic nitrogens is 3. The highest BCUT2D eigenvalue weighted by molar-refractivity contribution is 5.78. The van der Waals surface area contributed by atoms with E-state index in [2.05, 4.69) is 38.9 Å². The van der Waals surface area contributed by atoms with E-state index in [1.54, 1.807) is 6.20 Å². The van der Waals surface area contributed by atoms with Crippen LogP contribution in [0, 0.1) is 19.8 Å². The summed E-state index contributed by atoms with van der Waals surface area (Å²) >= 11 is 0. The number of rotatable bonds is 5. The fourth-order valence-electron chi connectivity index (χ4n) is 4.53. The monoisotopic (exact) mass is 422 g/mol. The lowest BCUT2D eigenvalue weighted by Crippen LogP contribution is -2.51. The number of hydrogen-bond acceptors (Lipinski definition) is 6. The molecule has 0 spiro atoms. The SMILES string of the molecule is Cc1nc(-c2ccccn2)nc(N2CCN(CC(=O)NC3CCC(C)CC3)CC2)c1C. The molecule has 2 fully saturated rings. The van der Waals surface area contributed by atoms with Crippen molar-refractivity contribution in [2.45, 2.75) is 52.5 Å². The van der Waals surface area contributed by atoms with Gasteiger partial charge in [-0.05, 0) is 57.6 Å². The Hall–Kier alpha value is -2.54. The predicted molar refractivity (Wildman–Crippen MR) is 123 cm³/mol. The van der Waals surface area contributed by atoms with Gasteiger partial charge in [-0.25, -0.2) is 9.97 Å². The zero-order valence-corrected chi connectivity index (χ0v) is 19.0. The van der Waals surface area contributed by atoms with Crippen molar-refractivity contribution >= 4 is 11.7 Å². The molecule has 1 amide bonds. The van der Waals surface area contributed by atoms with E-state index in [-0.39, 0.29) is 5.91 Å². The molecule has 0 radical (unpaired) electrons. The first-order chi connectivity index (χ1) is 15.0. The first-order valence-electron chi connectivity index (χ1n) is 11.5. The van der Waals surface area contributed by atoms with Crippen LogP contribution in [-0.4, -0.2) is 64.5 Å².